The molecule has 1 atom stereocenters. The van der Waals surface area contributed by atoms with Gasteiger partial charge in [0.15, 0.2) is 17.2 Å². The van der Waals surface area contributed by atoms with E-state index in [1.54, 1.807) is 32.4 Å². The SMILES string of the molecule is CCN(CC)C(=O)c1cn([C@H]2CCCN(Cc3ccc(OC)c(OC)c3OC)C2)nn1. The van der Waals surface area contributed by atoms with Crippen LogP contribution in [0.4, 0.5) is 0 Å². The number of ether oxygens (including phenoxy) is 3. The molecule has 170 valence electrons. The predicted molar refractivity (Wildman–Crippen MR) is 117 cm³/mol. The number of hydrogen-bond donors (Lipinski definition) is 0. The molecule has 0 N–H and O–H groups in total. The maximum Gasteiger partial charge on any atom is 0.276 e. The van der Waals surface area contributed by atoms with Gasteiger partial charge < -0.3 is 19.1 Å². The van der Waals surface area contributed by atoms with Crippen molar-refractivity contribution in [1.29, 1.82) is 0 Å². The van der Waals surface area contributed by atoms with Crippen molar-refractivity contribution in [2.45, 2.75) is 39.3 Å². The van der Waals surface area contributed by atoms with Gasteiger partial charge in [0.2, 0.25) is 5.75 Å². The summed E-state index contributed by atoms with van der Waals surface area (Å²) in [6.45, 7) is 7.77. The molecule has 0 radical (unpaired) electrons. The molecular formula is C22H33N5O4. The third kappa shape index (κ3) is 4.92. The zero-order valence-corrected chi connectivity index (χ0v) is 19.1. The summed E-state index contributed by atoms with van der Waals surface area (Å²) in [5, 5.41) is 8.41. The molecule has 0 unspecified atom stereocenters. The van der Waals surface area contributed by atoms with Gasteiger partial charge in [-0.2, -0.15) is 0 Å². The standard InChI is InChI=1S/C22H33N5O4/c1-6-26(7-2)22(28)18-15-27(24-23-18)17-9-8-12-25(14-17)13-16-10-11-19(29-3)21(31-5)20(16)30-4/h10-11,15,17H,6-9,12-14H2,1-5H3/t17-/m0/s1. The average Bonchev–Trinajstić information content (AvgIpc) is 3.30. The first kappa shape index (κ1) is 22.9. The van der Waals surface area contributed by atoms with Gasteiger partial charge in [0.05, 0.1) is 33.6 Å². The summed E-state index contributed by atoms with van der Waals surface area (Å²) < 4.78 is 18.4. The Morgan fingerprint density at radius 3 is 2.52 bits per heavy atom. The molecule has 31 heavy (non-hydrogen) atoms. The van der Waals surface area contributed by atoms with E-state index in [1.165, 1.54) is 0 Å². The first-order valence-corrected chi connectivity index (χ1v) is 10.8. The van der Waals surface area contributed by atoms with Crippen molar-refractivity contribution in [1.82, 2.24) is 24.8 Å². The molecule has 2 aromatic rings. The van der Waals surface area contributed by atoms with Gasteiger partial charge in [0.25, 0.3) is 5.91 Å². The highest BCUT2D eigenvalue weighted by Crippen LogP contribution is 2.40. The fourth-order valence-electron chi connectivity index (χ4n) is 4.15. The average molecular weight is 432 g/mol. The van der Waals surface area contributed by atoms with Crippen molar-refractivity contribution in [2.75, 3.05) is 47.5 Å². The summed E-state index contributed by atoms with van der Waals surface area (Å²) in [6.07, 6.45) is 3.83. The third-order valence-corrected chi connectivity index (χ3v) is 5.81. The second-order valence-electron chi connectivity index (χ2n) is 7.59. The summed E-state index contributed by atoms with van der Waals surface area (Å²) in [6, 6.07) is 4.09. The lowest BCUT2D eigenvalue weighted by Crippen LogP contribution is -2.36. The van der Waals surface area contributed by atoms with Crippen LogP contribution in [0.25, 0.3) is 0 Å². The summed E-state index contributed by atoms with van der Waals surface area (Å²) in [7, 11) is 4.87. The predicted octanol–water partition coefficient (Wildman–Crippen LogP) is 2.62. The van der Waals surface area contributed by atoms with Crippen LogP contribution < -0.4 is 14.2 Å². The maximum atomic E-state index is 12.6. The minimum Gasteiger partial charge on any atom is -0.493 e. The van der Waals surface area contributed by atoms with E-state index >= 15 is 0 Å². The molecule has 1 aliphatic heterocycles. The largest absolute Gasteiger partial charge is 0.493 e. The zero-order valence-electron chi connectivity index (χ0n) is 19.1. The van der Waals surface area contributed by atoms with Gasteiger partial charge in [0, 0.05) is 31.7 Å². The van der Waals surface area contributed by atoms with E-state index in [2.05, 4.69) is 15.2 Å². The molecule has 1 saturated heterocycles. The summed E-state index contributed by atoms with van der Waals surface area (Å²) in [4.78, 5) is 16.7. The van der Waals surface area contributed by atoms with Crippen molar-refractivity contribution in [3.05, 3.63) is 29.6 Å². The first-order valence-electron chi connectivity index (χ1n) is 10.8. The minimum atomic E-state index is -0.0704. The normalized spacial score (nSPS) is 16.7. The van der Waals surface area contributed by atoms with Gasteiger partial charge in [-0.15, -0.1) is 5.10 Å². The molecule has 3 rings (SSSR count). The number of likely N-dealkylation sites (tertiary alicyclic amines) is 1. The number of hydrogen-bond acceptors (Lipinski definition) is 7. The monoisotopic (exact) mass is 431 g/mol. The number of benzene rings is 1. The number of aromatic nitrogens is 3. The molecule has 1 aromatic heterocycles. The van der Waals surface area contributed by atoms with Crippen LogP contribution >= 0.6 is 0 Å². The van der Waals surface area contributed by atoms with Crippen molar-refractivity contribution >= 4 is 5.91 Å². The van der Waals surface area contributed by atoms with Crippen LogP contribution in [0.1, 0.15) is 48.8 Å². The Morgan fingerprint density at radius 2 is 1.87 bits per heavy atom. The fourth-order valence-corrected chi connectivity index (χ4v) is 4.15. The van der Waals surface area contributed by atoms with Gasteiger partial charge in [-0.3, -0.25) is 9.69 Å². The second-order valence-corrected chi connectivity index (χ2v) is 7.59. The van der Waals surface area contributed by atoms with E-state index in [0.717, 1.165) is 38.0 Å². The summed E-state index contributed by atoms with van der Waals surface area (Å²) in [5.74, 6) is 1.87. The highest BCUT2D eigenvalue weighted by Gasteiger charge is 2.26. The Kier molecular flexibility index (Phi) is 7.73. The molecule has 0 saturated carbocycles. The van der Waals surface area contributed by atoms with E-state index in [-0.39, 0.29) is 11.9 Å². The topological polar surface area (TPSA) is 82.0 Å². The van der Waals surface area contributed by atoms with E-state index in [9.17, 15) is 4.79 Å². The molecule has 0 bridgehead atoms. The van der Waals surface area contributed by atoms with E-state index < -0.39 is 0 Å². The van der Waals surface area contributed by atoms with Gasteiger partial charge in [-0.25, -0.2) is 4.68 Å². The zero-order chi connectivity index (χ0) is 22.4. The fraction of sp³-hybridized carbons (Fsp3) is 0.591. The van der Waals surface area contributed by atoms with Gasteiger partial charge in [0.1, 0.15) is 0 Å². The highest BCUT2D eigenvalue weighted by molar-refractivity contribution is 5.91. The Hall–Kier alpha value is -2.81. The van der Waals surface area contributed by atoms with Crippen LogP contribution in [0.5, 0.6) is 17.2 Å². The molecule has 1 fully saturated rings. The number of rotatable bonds is 9. The quantitative estimate of drug-likeness (QED) is 0.604. The second kappa shape index (κ2) is 10.5. The summed E-state index contributed by atoms with van der Waals surface area (Å²) >= 11 is 0. The molecule has 2 heterocycles. The smallest absolute Gasteiger partial charge is 0.276 e. The van der Waals surface area contributed by atoms with Crippen molar-refractivity contribution in [2.24, 2.45) is 0 Å². The molecule has 0 spiro atoms. The number of methoxy groups -OCH3 is 3. The number of amides is 1. The number of carbonyl (C=O) groups is 1. The van der Waals surface area contributed by atoms with Gasteiger partial charge in [-0.1, -0.05) is 11.3 Å². The Labute approximate surface area is 183 Å². The molecule has 1 amide bonds. The molecule has 1 aromatic carbocycles. The van der Waals surface area contributed by atoms with Crippen molar-refractivity contribution < 1.29 is 19.0 Å². The Morgan fingerprint density at radius 1 is 1.13 bits per heavy atom. The van der Waals surface area contributed by atoms with E-state index in [1.807, 2.05) is 30.7 Å². The van der Waals surface area contributed by atoms with Crippen LogP contribution in [0.3, 0.4) is 0 Å². The molecule has 0 aliphatic carbocycles. The van der Waals surface area contributed by atoms with Gasteiger partial charge in [-0.05, 0) is 39.3 Å². The lowest BCUT2D eigenvalue weighted by Gasteiger charge is -2.33. The van der Waals surface area contributed by atoms with Crippen molar-refractivity contribution in [3.63, 3.8) is 0 Å². The van der Waals surface area contributed by atoms with Crippen LogP contribution in [-0.2, 0) is 6.54 Å². The van der Waals surface area contributed by atoms with Crippen LogP contribution in [0.2, 0.25) is 0 Å². The number of nitrogens with zero attached hydrogens (tertiary/aromatic N) is 5. The molecule has 1 aliphatic rings. The lowest BCUT2D eigenvalue weighted by molar-refractivity contribution is 0.0767. The first-order chi connectivity index (χ1) is 15.1. The van der Waals surface area contributed by atoms with E-state index in [0.29, 0.717) is 36.0 Å². The Bertz CT molecular complexity index is 881. The summed E-state index contributed by atoms with van der Waals surface area (Å²) in [5.41, 5.74) is 1.44. The third-order valence-electron chi connectivity index (χ3n) is 5.81. The van der Waals surface area contributed by atoms with Crippen LogP contribution in [-0.4, -0.2) is 78.2 Å². The number of piperidine rings is 1. The number of carbonyl (C=O) groups excluding carboxylic acids is 1. The highest BCUT2D eigenvalue weighted by atomic mass is 16.5. The minimum absolute atomic E-state index is 0.0704. The Balaban J connectivity index is 1.73. The van der Waals surface area contributed by atoms with Crippen molar-refractivity contribution in [3.8, 4) is 17.2 Å². The van der Waals surface area contributed by atoms with Crippen LogP contribution in [0, 0.1) is 0 Å². The van der Waals surface area contributed by atoms with Gasteiger partial charge >= 0.3 is 0 Å². The molecular weight excluding hydrogens is 398 g/mol. The maximum absolute atomic E-state index is 12.6. The molecule has 9 heteroatoms. The lowest BCUT2D eigenvalue weighted by atomic mass is 10.0. The van der Waals surface area contributed by atoms with Crippen LogP contribution in [0.15, 0.2) is 18.3 Å². The molecule has 9 nitrogen and oxygen atoms in total. The van der Waals surface area contributed by atoms with E-state index in [4.69, 9.17) is 14.2 Å².